The molecule has 1 saturated carbocycles. The molecular weight excluding hydrogens is 380 g/mol. The van der Waals surface area contributed by atoms with Crippen molar-refractivity contribution in [3.8, 4) is 17.0 Å². The number of ether oxygens (including phenoxy) is 1. The van der Waals surface area contributed by atoms with E-state index in [1.54, 1.807) is 25.1 Å². The number of nitrogens with one attached hydrogen (secondary N) is 3. The van der Waals surface area contributed by atoms with Crippen LogP contribution in [0.5, 0.6) is 5.75 Å². The Morgan fingerprint density at radius 1 is 1.25 bits per heavy atom. The minimum Gasteiger partial charge on any atom is -0.495 e. The fraction of sp³-hybridized carbons (Fsp3) is 0.474. The third-order valence-corrected chi connectivity index (χ3v) is 6.41. The minimum atomic E-state index is -3.70. The third-order valence-electron chi connectivity index (χ3n) is 4.85. The van der Waals surface area contributed by atoms with Crippen molar-refractivity contribution in [2.45, 2.75) is 50.0 Å². The summed E-state index contributed by atoms with van der Waals surface area (Å²) in [6.45, 7) is 1.97. The van der Waals surface area contributed by atoms with Crippen LogP contribution in [0.2, 0.25) is 0 Å². The van der Waals surface area contributed by atoms with Gasteiger partial charge in [-0.1, -0.05) is 26.2 Å². The summed E-state index contributed by atoms with van der Waals surface area (Å²) in [5.41, 5.74) is 1.42. The van der Waals surface area contributed by atoms with Crippen molar-refractivity contribution in [2.75, 3.05) is 13.7 Å². The number of methoxy groups -OCH3 is 1. The summed E-state index contributed by atoms with van der Waals surface area (Å²) in [5.74, 6) is 0.0511. The number of H-pyrrole nitrogens is 1. The second kappa shape index (κ2) is 8.74. The molecule has 152 valence electrons. The predicted molar refractivity (Wildman–Crippen MR) is 106 cm³/mol. The van der Waals surface area contributed by atoms with Crippen LogP contribution in [0.1, 0.15) is 49.5 Å². The average molecular weight is 407 g/mol. The zero-order chi connectivity index (χ0) is 20.1. The van der Waals surface area contributed by atoms with Crippen molar-refractivity contribution < 1.29 is 17.9 Å². The Labute approximate surface area is 165 Å². The molecule has 0 bridgehead atoms. The van der Waals surface area contributed by atoms with E-state index in [1.807, 2.05) is 0 Å². The Balaban J connectivity index is 1.83. The normalized spacial score (nSPS) is 15.4. The molecule has 3 N–H and O–H groups in total. The molecule has 1 amide bonds. The molecular formula is C19H26N4O4S. The van der Waals surface area contributed by atoms with Crippen LogP contribution < -0.4 is 14.8 Å². The summed E-state index contributed by atoms with van der Waals surface area (Å²) < 4.78 is 32.5. The van der Waals surface area contributed by atoms with Crippen molar-refractivity contribution >= 4 is 15.9 Å². The van der Waals surface area contributed by atoms with Gasteiger partial charge in [-0.2, -0.15) is 5.10 Å². The highest BCUT2D eigenvalue weighted by Crippen LogP contribution is 2.29. The molecule has 1 aliphatic rings. The van der Waals surface area contributed by atoms with Crippen LogP contribution in [-0.2, 0) is 10.0 Å². The SMILES string of the molecule is CCNS(=O)(=O)c1cc(-c2cc(C(=O)NC3CCCCC3)[nH]n2)ccc1OC. The zero-order valence-electron chi connectivity index (χ0n) is 16.1. The second-order valence-electron chi connectivity index (χ2n) is 6.84. The van der Waals surface area contributed by atoms with Crippen LogP contribution in [0.15, 0.2) is 29.2 Å². The van der Waals surface area contributed by atoms with Gasteiger partial charge in [0.15, 0.2) is 0 Å². The van der Waals surface area contributed by atoms with E-state index in [0.29, 0.717) is 17.0 Å². The maximum absolute atomic E-state index is 12.5. The van der Waals surface area contributed by atoms with Gasteiger partial charge in [0.25, 0.3) is 5.91 Å². The first-order valence-electron chi connectivity index (χ1n) is 9.49. The fourth-order valence-corrected chi connectivity index (χ4v) is 4.64. The number of hydrogen-bond donors (Lipinski definition) is 3. The fourth-order valence-electron chi connectivity index (χ4n) is 3.41. The van der Waals surface area contributed by atoms with Crippen molar-refractivity contribution in [1.82, 2.24) is 20.2 Å². The maximum atomic E-state index is 12.5. The van der Waals surface area contributed by atoms with Gasteiger partial charge in [-0.15, -0.1) is 0 Å². The molecule has 0 atom stereocenters. The van der Waals surface area contributed by atoms with Crippen molar-refractivity contribution in [3.63, 3.8) is 0 Å². The number of benzene rings is 1. The van der Waals surface area contributed by atoms with E-state index >= 15 is 0 Å². The Hall–Kier alpha value is -2.39. The van der Waals surface area contributed by atoms with E-state index in [-0.39, 0.29) is 29.1 Å². The first-order chi connectivity index (χ1) is 13.4. The van der Waals surface area contributed by atoms with Crippen molar-refractivity contribution in [3.05, 3.63) is 30.0 Å². The van der Waals surface area contributed by atoms with Gasteiger partial charge in [-0.25, -0.2) is 13.1 Å². The van der Waals surface area contributed by atoms with Crippen LogP contribution in [-0.4, -0.2) is 44.2 Å². The predicted octanol–water partition coefficient (Wildman–Crippen LogP) is 2.45. The number of carbonyl (C=O) groups excluding carboxylic acids is 1. The standard InChI is InChI=1S/C19H26N4O4S/c1-3-20-28(25,26)18-11-13(9-10-17(18)27-2)15-12-16(23-22-15)19(24)21-14-7-5-4-6-8-14/h9-12,14,20H,3-8H2,1-2H3,(H,21,24)(H,22,23). The van der Waals surface area contributed by atoms with E-state index in [0.717, 1.165) is 25.7 Å². The molecule has 0 radical (unpaired) electrons. The zero-order valence-corrected chi connectivity index (χ0v) is 16.9. The number of aromatic nitrogens is 2. The first-order valence-corrected chi connectivity index (χ1v) is 11.0. The lowest BCUT2D eigenvalue weighted by atomic mass is 9.95. The topological polar surface area (TPSA) is 113 Å². The summed E-state index contributed by atoms with van der Waals surface area (Å²) >= 11 is 0. The quantitative estimate of drug-likeness (QED) is 0.654. The lowest BCUT2D eigenvalue weighted by molar-refractivity contribution is 0.0922. The van der Waals surface area contributed by atoms with Gasteiger partial charge in [-0.05, 0) is 37.1 Å². The highest BCUT2D eigenvalue weighted by Gasteiger charge is 2.21. The van der Waals surface area contributed by atoms with Crippen molar-refractivity contribution in [1.29, 1.82) is 0 Å². The summed E-state index contributed by atoms with van der Waals surface area (Å²) in [6, 6.07) is 6.61. The Bertz CT molecular complexity index is 933. The van der Waals surface area contributed by atoms with E-state index in [1.165, 1.54) is 19.6 Å². The molecule has 1 aromatic carbocycles. The Morgan fingerprint density at radius 2 is 2.00 bits per heavy atom. The number of sulfonamides is 1. The summed E-state index contributed by atoms with van der Waals surface area (Å²) in [6.07, 6.45) is 5.48. The molecule has 0 unspecified atom stereocenters. The Morgan fingerprint density at radius 3 is 2.68 bits per heavy atom. The number of nitrogens with zero attached hydrogens (tertiary/aromatic N) is 1. The van der Waals surface area contributed by atoms with Crippen LogP contribution in [0.3, 0.4) is 0 Å². The van der Waals surface area contributed by atoms with Crippen LogP contribution in [0.25, 0.3) is 11.3 Å². The molecule has 1 fully saturated rings. The van der Waals surface area contributed by atoms with E-state index in [2.05, 4.69) is 20.2 Å². The molecule has 9 heteroatoms. The average Bonchev–Trinajstić information content (AvgIpc) is 3.18. The molecule has 1 aromatic heterocycles. The molecule has 2 aromatic rings. The highest BCUT2D eigenvalue weighted by molar-refractivity contribution is 7.89. The number of aromatic amines is 1. The number of carbonyl (C=O) groups is 1. The van der Waals surface area contributed by atoms with Crippen molar-refractivity contribution in [2.24, 2.45) is 0 Å². The number of hydrogen-bond acceptors (Lipinski definition) is 5. The van der Waals surface area contributed by atoms with Gasteiger partial charge in [0.1, 0.15) is 16.3 Å². The summed E-state index contributed by atoms with van der Waals surface area (Å²) in [4.78, 5) is 12.5. The summed E-state index contributed by atoms with van der Waals surface area (Å²) in [5, 5.41) is 9.97. The van der Waals surface area contributed by atoms with Gasteiger partial charge >= 0.3 is 0 Å². The number of amides is 1. The van der Waals surface area contributed by atoms with E-state index in [9.17, 15) is 13.2 Å². The van der Waals surface area contributed by atoms with E-state index in [4.69, 9.17) is 4.74 Å². The highest BCUT2D eigenvalue weighted by atomic mass is 32.2. The van der Waals surface area contributed by atoms with Gasteiger partial charge in [0.05, 0.1) is 12.8 Å². The van der Waals surface area contributed by atoms with Gasteiger partial charge in [0.2, 0.25) is 10.0 Å². The lowest BCUT2D eigenvalue weighted by Gasteiger charge is -2.22. The molecule has 1 aliphatic carbocycles. The maximum Gasteiger partial charge on any atom is 0.269 e. The smallest absolute Gasteiger partial charge is 0.269 e. The first kappa shape index (κ1) is 20.3. The monoisotopic (exact) mass is 406 g/mol. The molecule has 8 nitrogen and oxygen atoms in total. The van der Waals surface area contributed by atoms with E-state index < -0.39 is 10.0 Å². The Kier molecular flexibility index (Phi) is 6.35. The van der Waals surface area contributed by atoms with Gasteiger partial charge in [-0.3, -0.25) is 9.89 Å². The van der Waals surface area contributed by atoms with Gasteiger partial charge < -0.3 is 10.1 Å². The van der Waals surface area contributed by atoms with Crippen LogP contribution >= 0.6 is 0 Å². The van der Waals surface area contributed by atoms with Crippen LogP contribution in [0.4, 0.5) is 0 Å². The molecule has 0 spiro atoms. The lowest BCUT2D eigenvalue weighted by Crippen LogP contribution is -2.36. The molecule has 28 heavy (non-hydrogen) atoms. The largest absolute Gasteiger partial charge is 0.495 e. The third kappa shape index (κ3) is 4.53. The molecule has 0 aliphatic heterocycles. The van der Waals surface area contributed by atoms with Crippen LogP contribution in [0, 0.1) is 0 Å². The summed E-state index contributed by atoms with van der Waals surface area (Å²) in [7, 11) is -2.29. The van der Waals surface area contributed by atoms with Gasteiger partial charge in [0, 0.05) is 18.2 Å². The molecule has 1 heterocycles. The molecule has 3 rings (SSSR count). The minimum absolute atomic E-state index is 0.0329. The second-order valence-corrected chi connectivity index (χ2v) is 8.58. The molecule has 0 saturated heterocycles. The number of rotatable bonds is 7.